The molecule has 0 saturated carbocycles. The summed E-state index contributed by atoms with van der Waals surface area (Å²) < 4.78 is 6.82. The van der Waals surface area contributed by atoms with E-state index in [1.807, 2.05) is 46.8 Å². The van der Waals surface area contributed by atoms with Crippen LogP contribution in [0.15, 0.2) is 16.6 Å². The highest BCUT2D eigenvalue weighted by Crippen LogP contribution is 2.28. The van der Waals surface area contributed by atoms with Gasteiger partial charge < -0.3 is 10.1 Å². The van der Waals surface area contributed by atoms with E-state index in [2.05, 4.69) is 21.2 Å². The van der Waals surface area contributed by atoms with Crippen molar-refractivity contribution in [3.63, 3.8) is 0 Å². The number of amides is 1. The number of rotatable bonds is 3. The number of benzene rings is 1. The van der Waals surface area contributed by atoms with Crippen LogP contribution >= 0.6 is 15.9 Å². The molecule has 0 fully saturated rings. The van der Waals surface area contributed by atoms with Gasteiger partial charge in [-0.05, 0) is 64.8 Å². The van der Waals surface area contributed by atoms with Crippen LogP contribution in [0.3, 0.4) is 0 Å². The number of aryl methyl sites for hydroxylation is 2. The highest BCUT2D eigenvalue weighted by molar-refractivity contribution is 9.10. The van der Waals surface area contributed by atoms with Crippen LogP contribution in [0, 0.1) is 13.8 Å². The molecule has 0 aliphatic carbocycles. The summed E-state index contributed by atoms with van der Waals surface area (Å²) in [5.74, 6) is 0.675. The molecule has 0 heterocycles. The molecule has 1 unspecified atom stereocenters. The van der Waals surface area contributed by atoms with Gasteiger partial charge in [0.25, 0.3) is 5.91 Å². The van der Waals surface area contributed by atoms with Crippen LogP contribution in [0.4, 0.5) is 0 Å². The lowest BCUT2D eigenvalue weighted by molar-refractivity contribution is -0.128. The average Bonchev–Trinajstić information content (AvgIpc) is 2.20. The maximum Gasteiger partial charge on any atom is 0.261 e. The van der Waals surface area contributed by atoms with Gasteiger partial charge in [-0.15, -0.1) is 0 Å². The summed E-state index contributed by atoms with van der Waals surface area (Å²) in [5.41, 5.74) is 1.78. The molecule has 1 aromatic rings. The van der Waals surface area contributed by atoms with Crippen LogP contribution in [0.1, 0.15) is 38.8 Å². The molecule has 0 bridgehead atoms. The lowest BCUT2D eigenvalue weighted by atomic mass is 10.1. The summed E-state index contributed by atoms with van der Waals surface area (Å²) in [4.78, 5) is 12.0. The van der Waals surface area contributed by atoms with Gasteiger partial charge in [-0.25, -0.2) is 0 Å². The molecule has 106 valence electrons. The van der Waals surface area contributed by atoms with Crippen molar-refractivity contribution >= 4 is 21.8 Å². The molecule has 0 spiro atoms. The van der Waals surface area contributed by atoms with E-state index >= 15 is 0 Å². The fraction of sp³-hybridized carbons (Fsp3) is 0.533. The number of halogens is 1. The van der Waals surface area contributed by atoms with E-state index in [1.54, 1.807) is 6.92 Å². The van der Waals surface area contributed by atoms with Gasteiger partial charge >= 0.3 is 0 Å². The van der Waals surface area contributed by atoms with Gasteiger partial charge in [0.2, 0.25) is 0 Å². The molecular weight excluding hydrogens is 306 g/mol. The molecule has 0 aliphatic heterocycles. The third-order valence-electron chi connectivity index (χ3n) is 2.59. The zero-order valence-electron chi connectivity index (χ0n) is 12.4. The van der Waals surface area contributed by atoms with Crippen LogP contribution in [0.25, 0.3) is 0 Å². The fourth-order valence-corrected chi connectivity index (χ4v) is 2.47. The first kappa shape index (κ1) is 16.0. The average molecular weight is 328 g/mol. The van der Waals surface area contributed by atoms with E-state index in [0.717, 1.165) is 21.3 Å². The van der Waals surface area contributed by atoms with Crippen LogP contribution in [0.5, 0.6) is 5.75 Å². The summed E-state index contributed by atoms with van der Waals surface area (Å²) in [7, 11) is 0. The molecule has 19 heavy (non-hydrogen) atoms. The first-order valence-corrected chi connectivity index (χ1v) is 7.15. The van der Waals surface area contributed by atoms with Gasteiger partial charge in [0.05, 0.1) is 0 Å². The normalized spacial score (nSPS) is 13.0. The van der Waals surface area contributed by atoms with Gasteiger partial charge in [0.1, 0.15) is 5.75 Å². The Morgan fingerprint density at radius 2 is 1.74 bits per heavy atom. The Hall–Kier alpha value is -1.03. The van der Waals surface area contributed by atoms with Gasteiger partial charge in [-0.2, -0.15) is 0 Å². The third-order valence-corrected chi connectivity index (χ3v) is 3.04. The Morgan fingerprint density at radius 1 is 1.26 bits per heavy atom. The van der Waals surface area contributed by atoms with Gasteiger partial charge in [-0.3, -0.25) is 4.79 Å². The quantitative estimate of drug-likeness (QED) is 0.918. The van der Waals surface area contributed by atoms with Crippen molar-refractivity contribution in [3.8, 4) is 5.75 Å². The fourth-order valence-electron chi connectivity index (χ4n) is 1.78. The lowest BCUT2D eigenvalue weighted by Gasteiger charge is -2.24. The van der Waals surface area contributed by atoms with E-state index in [4.69, 9.17) is 4.74 Å². The SMILES string of the molecule is Cc1cc(Br)cc(C)c1OC(C)C(=O)NC(C)(C)C. The number of nitrogens with one attached hydrogen (secondary N) is 1. The second kappa shape index (κ2) is 5.95. The van der Waals surface area contributed by atoms with Crippen LogP contribution in [-0.2, 0) is 4.79 Å². The van der Waals surface area contributed by atoms with Crippen LogP contribution in [-0.4, -0.2) is 17.6 Å². The van der Waals surface area contributed by atoms with Crippen molar-refractivity contribution in [1.29, 1.82) is 0 Å². The number of hydrogen-bond donors (Lipinski definition) is 1. The van der Waals surface area contributed by atoms with Gasteiger partial charge in [0, 0.05) is 10.0 Å². The number of hydrogen-bond acceptors (Lipinski definition) is 2. The summed E-state index contributed by atoms with van der Waals surface area (Å²) in [6.45, 7) is 11.6. The van der Waals surface area contributed by atoms with Crippen molar-refractivity contribution in [3.05, 3.63) is 27.7 Å². The summed E-state index contributed by atoms with van der Waals surface area (Å²) in [6, 6.07) is 3.97. The molecule has 0 aromatic heterocycles. The Morgan fingerprint density at radius 3 is 2.16 bits per heavy atom. The van der Waals surface area contributed by atoms with Crippen molar-refractivity contribution in [2.75, 3.05) is 0 Å². The third kappa shape index (κ3) is 4.86. The number of carbonyl (C=O) groups excluding carboxylic acids is 1. The highest BCUT2D eigenvalue weighted by atomic mass is 79.9. The smallest absolute Gasteiger partial charge is 0.261 e. The molecular formula is C15H22BrNO2. The monoisotopic (exact) mass is 327 g/mol. The molecule has 1 aromatic carbocycles. The van der Waals surface area contributed by atoms with Crippen molar-refractivity contribution in [1.82, 2.24) is 5.32 Å². The first-order valence-electron chi connectivity index (χ1n) is 6.35. The van der Waals surface area contributed by atoms with E-state index in [-0.39, 0.29) is 11.4 Å². The minimum atomic E-state index is -0.516. The number of ether oxygens (including phenoxy) is 1. The lowest BCUT2D eigenvalue weighted by Crippen LogP contribution is -2.46. The Balaban J connectivity index is 2.83. The van der Waals surface area contributed by atoms with E-state index in [0.29, 0.717) is 0 Å². The Labute approximate surface area is 123 Å². The van der Waals surface area contributed by atoms with Crippen molar-refractivity contribution < 1.29 is 9.53 Å². The van der Waals surface area contributed by atoms with Gasteiger partial charge in [-0.1, -0.05) is 15.9 Å². The minimum absolute atomic E-state index is 0.103. The minimum Gasteiger partial charge on any atom is -0.480 e. The molecule has 1 atom stereocenters. The molecule has 3 nitrogen and oxygen atoms in total. The maximum atomic E-state index is 12.0. The van der Waals surface area contributed by atoms with Crippen LogP contribution in [0.2, 0.25) is 0 Å². The van der Waals surface area contributed by atoms with Crippen LogP contribution < -0.4 is 10.1 Å². The van der Waals surface area contributed by atoms with Gasteiger partial charge in [0.15, 0.2) is 6.10 Å². The molecule has 1 amide bonds. The molecule has 4 heteroatoms. The maximum absolute atomic E-state index is 12.0. The van der Waals surface area contributed by atoms with E-state index < -0.39 is 6.10 Å². The van der Waals surface area contributed by atoms with E-state index in [1.165, 1.54) is 0 Å². The molecule has 0 radical (unpaired) electrons. The summed E-state index contributed by atoms with van der Waals surface area (Å²) in [6.07, 6.45) is -0.516. The molecule has 1 rings (SSSR count). The standard InChI is InChI=1S/C15H22BrNO2/c1-9-7-12(16)8-10(2)13(9)19-11(3)14(18)17-15(4,5)6/h7-8,11H,1-6H3,(H,17,18). The first-order chi connectivity index (χ1) is 8.60. The topological polar surface area (TPSA) is 38.3 Å². The molecule has 1 N–H and O–H groups in total. The molecule has 0 aliphatic rings. The number of carbonyl (C=O) groups is 1. The van der Waals surface area contributed by atoms with Crippen molar-refractivity contribution in [2.45, 2.75) is 53.2 Å². The second-order valence-electron chi connectivity index (χ2n) is 5.87. The summed E-state index contributed by atoms with van der Waals surface area (Å²) in [5, 5.41) is 2.92. The zero-order chi connectivity index (χ0) is 14.8. The Kier molecular flexibility index (Phi) is 5.02. The summed E-state index contributed by atoms with van der Waals surface area (Å²) >= 11 is 3.45. The largest absolute Gasteiger partial charge is 0.480 e. The molecule has 0 saturated heterocycles. The predicted octanol–water partition coefficient (Wildman–Crippen LogP) is 3.75. The second-order valence-corrected chi connectivity index (χ2v) is 6.78. The predicted molar refractivity (Wildman–Crippen MR) is 81.6 cm³/mol. The Bertz CT molecular complexity index is 455. The van der Waals surface area contributed by atoms with E-state index in [9.17, 15) is 4.79 Å². The van der Waals surface area contributed by atoms with Crippen molar-refractivity contribution in [2.24, 2.45) is 0 Å². The zero-order valence-corrected chi connectivity index (χ0v) is 14.0. The highest BCUT2D eigenvalue weighted by Gasteiger charge is 2.21.